The van der Waals surface area contributed by atoms with E-state index in [0.717, 1.165) is 12.0 Å². The number of carbonyl (C=O) groups excluding carboxylic acids is 3. The van der Waals surface area contributed by atoms with Gasteiger partial charge in [0.25, 0.3) is 5.91 Å². The molecule has 1 atom stereocenters. The van der Waals surface area contributed by atoms with Gasteiger partial charge in [-0.1, -0.05) is 38.5 Å². The van der Waals surface area contributed by atoms with Gasteiger partial charge in [0.2, 0.25) is 11.8 Å². The number of hydrogen-bond acceptors (Lipinski definition) is 3. The molecule has 0 aliphatic carbocycles. The Kier molecular flexibility index (Phi) is 7.95. The second-order valence-corrected chi connectivity index (χ2v) is 6.13. The Hall–Kier alpha value is -2.37. The molecule has 1 rings (SSSR count). The van der Waals surface area contributed by atoms with Crippen molar-refractivity contribution >= 4 is 17.7 Å². The second-order valence-electron chi connectivity index (χ2n) is 6.13. The van der Waals surface area contributed by atoms with Gasteiger partial charge in [-0.25, -0.2) is 0 Å². The van der Waals surface area contributed by atoms with E-state index in [-0.39, 0.29) is 30.2 Å². The van der Waals surface area contributed by atoms with Crippen molar-refractivity contribution in [2.24, 2.45) is 5.92 Å². The number of aryl methyl sites for hydroxylation is 1. The van der Waals surface area contributed by atoms with Crippen LogP contribution in [0.3, 0.4) is 0 Å². The van der Waals surface area contributed by atoms with Gasteiger partial charge in [-0.05, 0) is 31.4 Å². The van der Waals surface area contributed by atoms with Crippen molar-refractivity contribution in [3.8, 4) is 0 Å². The molecule has 24 heavy (non-hydrogen) atoms. The van der Waals surface area contributed by atoms with Crippen LogP contribution in [0.5, 0.6) is 0 Å². The van der Waals surface area contributed by atoms with Gasteiger partial charge in [0, 0.05) is 12.1 Å². The van der Waals surface area contributed by atoms with E-state index in [2.05, 4.69) is 16.0 Å². The summed E-state index contributed by atoms with van der Waals surface area (Å²) in [4.78, 5) is 36.1. The average Bonchev–Trinajstić information content (AvgIpc) is 2.55. The first-order valence-corrected chi connectivity index (χ1v) is 8.27. The minimum atomic E-state index is -0.697. The minimum absolute atomic E-state index is 0.0948. The molecule has 1 unspecified atom stereocenters. The van der Waals surface area contributed by atoms with Crippen LogP contribution in [-0.4, -0.2) is 36.9 Å². The topological polar surface area (TPSA) is 87.3 Å². The second kappa shape index (κ2) is 9.70. The third-order valence-corrected chi connectivity index (χ3v) is 3.54. The molecule has 3 N–H and O–H groups in total. The van der Waals surface area contributed by atoms with Crippen LogP contribution < -0.4 is 16.0 Å². The molecule has 0 saturated heterocycles. The Morgan fingerprint density at radius 3 is 2.21 bits per heavy atom. The summed E-state index contributed by atoms with van der Waals surface area (Å²) in [5.41, 5.74) is 1.56. The van der Waals surface area contributed by atoms with Crippen LogP contribution in [0.4, 0.5) is 0 Å². The maximum Gasteiger partial charge on any atom is 0.251 e. The molecule has 0 aliphatic rings. The van der Waals surface area contributed by atoms with Crippen molar-refractivity contribution in [1.82, 2.24) is 16.0 Å². The normalized spacial score (nSPS) is 11.7. The van der Waals surface area contributed by atoms with Crippen LogP contribution in [0.15, 0.2) is 24.3 Å². The molecule has 0 fully saturated rings. The molecule has 3 amide bonds. The van der Waals surface area contributed by atoms with Crippen molar-refractivity contribution in [1.29, 1.82) is 0 Å². The van der Waals surface area contributed by atoms with Gasteiger partial charge in [0.15, 0.2) is 0 Å². The maximum atomic E-state index is 12.3. The van der Waals surface area contributed by atoms with Crippen LogP contribution in [-0.2, 0) is 9.59 Å². The number of carbonyl (C=O) groups is 3. The number of hydrogen-bond donors (Lipinski definition) is 3. The van der Waals surface area contributed by atoms with Crippen LogP contribution >= 0.6 is 0 Å². The largest absolute Gasteiger partial charge is 0.355 e. The first kappa shape index (κ1) is 19.7. The fraction of sp³-hybridized carbons (Fsp3) is 0.500. The van der Waals surface area contributed by atoms with E-state index in [4.69, 9.17) is 0 Å². The standard InChI is InChI=1S/C18H27N3O3/c1-5-10-19-15(22)11-20-18(24)16(12(2)3)21-17(23)14-8-6-13(4)7-9-14/h6-9,12,16H,5,10-11H2,1-4H3,(H,19,22)(H,20,24)(H,21,23). The lowest BCUT2D eigenvalue weighted by molar-refractivity contribution is -0.127. The molecule has 6 nitrogen and oxygen atoms in total. The zero-order chi connectivity index (χ0) is 18.1. The monoisotopic (exact) mass is 333 g/mol. The van der Waals surface area contributed by atoms with Crippen molar-refractivity contribution in [2.45, 2.75) is 40.2 Å². The van der Waals surface area contributed by atoms with Gasteiger partial charge in [0.1, 0.15) is 6.04 Å². The minimum Gasteiger partial charge on any atom is -0.355 e. The molecule has 0 spiro atoms. The van der Waals surface area contributed by atoms with E-state index < -0.39 is 6.04 Å². The molecular weight excluding hydrogens is 306 g/mol. The number of benzene rings is 1. The quantitative estimate of drug-likeness (QED) is 0.672. The van der Waals surface area contributed by atoms with E-state index >= 15 is 0 Å². The molecule has 132 valence electrons. The van der Waals surface area contributed by atoms with Gasteiger partial charge >= 0.3 is 0 Å². The molecule has 1 aromatic rings. The molecule has 0 heterocycles. The van der Waals surface area contributed by atoms with E-state index in [9.17, 15) is 14.4 Å². The van der Waals surface area contributed by atoms with Crippen LogP contribution in [0.1, 0.15) is 43.1 Å². The summed E-state index contributed by atoms with van der Waals surface area (Å²) < 4.78 is 0. The molecule has 0 saturated carbocycles. The Balaban J connectivity index is 2.62. The molecular formula is C18H27N3O3. The van der Waals surface area contributed by atoms with Gasteiger partial charge in [0.05, 0.1) is 6.54 Å². The van der Waals surface area contributed by atoms with E-state index in [1.165, 1.54) is 0 Å². The summed E-state index contributed by atoms with van der Waals surface area (Å²) in [5, 5.41) is 8.00. The average molecular weight is 333 g/mol. The van der Waals surface area contributed by atoms with Crippen molar-refractivity contribution in [2.75, 3.05) is 13.1 Å². The third kappa shape index (κ3) is 6.40. The molecule has 0 bridgehead atoms. The van der Waals surface area contributed by atoms with E-state index in [0.29, 0.717) is 12.1 Å². The van der Waals surface area contributed by atoms with E-state index in [1.54, 1.807) is 12.1 Å². The first-order chi connectivity index (χ1) is 11.3. The molecule has 0 aromatic heterocycles. The van der Waals surface area contributed by atoms with Gasteiger partial charge in [-0.15, -0.1) is 0 Å². The summed E-state index contributed by atoms with van der Waals surface area (Å²) in [7, 11) is 0. The lowest BCUT2D eigenvalue weighted by atomic mass is 10.0. The Morgan fingerprint density at radius 2 is 1.67 bits per heavy atom. The predicted molar refractivity (Wildman–Crippen MR) is 93.6 cm³/mol. The predicted octanol–water partition coefficient (Wildman–Crippen LogP) is 1.39. The number of nitrogens with one attached hydrogen (secondary N) is 3. The van der Waals surface area contributed by atoms with E-state index in [1.807, 2.05) is 39.8 Å². The highest BCUT2D eigenvalue weighted by Gasteiger charge is 2.24. The summed E-state index contributed by atoms with van der Waals surface area (Å²) in [6, 6.07) is 6.43. The number of amides is 3. The summed E-state index contributed by atoms with van der Waals surface area (Å²) in [5.74, 6) is -1.01. The van der Waals surface area contributed by atoms with Crippen LogP contribution in [0.25, 0.3) is 0 Å². The highest BCUT2D eigenvalue weighted by molar-refractivity contribution is 5.98. The summed E-state index contributed by atoms with van der Waals surface area (Å²) in [6.45, 7) is 8.06. The Bertz CT molecular complexity index is 567. The van der Waals surface area contributed by atoms with Crippen molar-refractivity contribution in [3.05, 3.63) is 35.4 Å². The zero-order valence-corrected chi connectivity index (χ0v) is 14.8. The lowest BCUT2D eigenvalue weighted by Gasteiger charge is -2.21. The van der Waals surface area contributed by atoms with Crippen molar-refractivity contribution < 1.29 is 14.4 Å². The smallest absolute Gasteiger partial charge is 0.251 e. The summed E-state index contributed by atoms with van der Waals surface area (Å²) >= 11 is 0. The van der Waals surface area contributed by atoms with Gasteiger partial charge in [-0.2, -0.15) is 0 Å². The number of rotatable bonds is 8. The third-order valence-electron chi connectivity index (χ3n) is 3.54. The highest BCUT2D eigenvalue weighted by atomic mass is 16.2. The maximum absolute atomic E-state index is 12.3. The fourth-order valence-electron chi connectivity index (χ4n) is 2.07. The van der Waals surface area contributed by atoms with Crippen molar-refractivity contribution in [3.63, 3.8) is 0 Å². The van der Waals surface area contributed by atoms with Gasteiger partial charge in [-0.3, -0.25) is 14.4 Å². The Labute approximate surface area is 143 Å². The Morgan fingerprint density at radius 1 is 1.04 bits per heavy atom. The summed E-state index contributed by atoms with van der Waals surface area (Å²) in [6.07, 6.45) is 0.834. The van der Waals surface area contributed by atoms with Crippen LogP contribution in [0, 0.1) is 12.8 Å². The van der Waals surface area contributed by atoms with Gasteiger partial charge < -0.3 is 16.0 Å². The first-order valence-electron chi connectivity index (χ1n) is 8.27. The zero-order valence-electron chi connectivity index (χ0n) is 14.8. The molecule has 1 aromatic carbocycles. The van der Waals surface area contributed by atoms with Crippen LogP contribution in [0.2, 0.25) is 0 Å². The lowest BCUT2D eigenvalue weighted by Crippen LogP contribution is -2.51. The molecule has 0 radical (unpaired) electrons. The fourth-order valence-corrected chi connectivity index (χ4v) is 2.07. The highest BCUT2D eigenvalue weighted by Crippen LogP contribution is 2.07. The molecule has 0 aliphatic heterocycles. The molecule has 6 heteroatoms. The SMILES string of the molecule is CCCNC(=O)CNC(=O)C(NC(=O)c1ccc(C)cc1)C(C)C.